The molecule has 0 saturated heterocycles. The van der Waals surface area contributed by atoms with E-state index in [9.17, 15) is 4.79 Å². The molecule has 4 nitrogen and oxygen atoms in total. The van der Waals surface area contributed by atoms with Gasteiger partial charge in [-0.15, -0.1) is 11.3 Å². The maximum Gasteiger partial charge on any atom is 0.266 e. The molecule has 0 unspecified atom stereocenters. The zero-order valence-corrected chi connectivity index (χ0v) is 12.4. The Morgan fingerprint density at radius 2 is 2.17 bits per heavy atom. The summed E-state index contributed by atoms with van der Waals surface area (Å²) in [7, 11) is 3.84. The molecule has 0 aliphatic rings. The maximum atomic E-state index is 11.9. The number of carbonyl (C=O) groups is 1. The lowest BCUT2D eigenvalue weighted by Gasteiger charge is -2.11. The third-order valence-electron chi connectivity index (χ3n) is 2.29. The molecule has 0 aliphatic carbocycles. The summed E-state index contributed by atoms with van der Waals surface area (Å²) in [6.07, 6.45) is 1.65. The Bertz CT molecular complexity index is 551. The minimum absolute atomic E-state index is 0.128. The number of aromatic nitrogens is 1. The molecule has 2 aromatic rings. The summed E-state index contributed by atoms with van der Waals surface area (Å²) >= 11 is 4.74. The number of amides is 1. The first-order valence-corrected chi connectivity index (χ1v) is 6.93. The largest absolute Gasteiger partial charge is 0.363 e. The topological polar surface area (TPSA) is 45.2 Å². The number of anilines is 2. The van der Waals surface area contributed by atoms with E-state index in [2.05, 4.69) is 26.2 Å². The number of thiophene rings is 1. The Morgan fingerprint density at radius 1 is 1.39 bits per heavy atom. The van der Waals surface area contributed by atoms with Gasteiger partial charge in [0.25, 0.3) is 5.91 Å². The van der Waals surface area contributed by atoms with Gasteiger partial charge in [0, 0.05) is 18.6 Å². The molecule has 2 heterocycles. The number of nitrogens with zero attached hydrogens (tertiary/aromatic N) is 2. The second-order valence-corrected chi connectivity index (χ2v) is 5.62. The van der Waals surface area contributed by atoms with Gasteiger partial charge < -0.3 is 10.2 Å². The monoisotopic (exact) mass is 325 g/mol. The Morgan fingerprint density at radius 3 is 2.67 bits per heavy atom. The molecule has 0 radical (unpaired) electrons. The number of halogens is 1. The minimum Gasteiger partial charge on any atom is -0.363 e. The number of carbonyl (C=O) groups excluding carboxylic acids is 1. The van der Waals surface area contributed by atoms with Crippen LogP contribution in [0.2, 0.25) is 0 Å². The lowest BCUT2D eigenvalue weighted by Crippen LogP contribution is -2.13. The molecular formula is C12H12BrN3OS. The van der Waals surface area contributed by atoms with Crippen molar-refractivity contribution in [3.63, 3.8) is 0 Å². The van der Waals surface area contributed by atoms with Crippen molar-refractivity contribution in [1.29, 1.82) is 0 Å². The summed E-state index contributed by atoms with van der Waals surface area (Å²) < 4.78 is 0.808. The van der Waals surface area contributed by atoms with E-state index in [1.807, 2.05) is 42.6 Å². The molecule has 6 heteroatoms. The SMILES string of the molecule is CN(C)c1ccc(NC(=O)c2sccc2Br)cn1. The van der Waals surface area contributed by atoms with Crippen LogP contribution in [0.5, 0.6) is 0 Å². The molecule has 0 fully saturated rings. The van der Waals surface area contributed by atoms with Crippen molar-refractivity contribution < 1.29 is 4.79 Å². The Hall–Kier alpha value is -1.40. The zero-order chi connectivity index (χ0) is 13.1. The van der Waals surface area contributed by atoms with Gasteiger partial charge >= 0.3 is 0 Å². The van der Waals surface area contributed by atoms with E-state index in [0.29, 0.717) is 10.6 Å². The zero-order valence-electron chi connectivity index (χ0n) is 9.98. The van der Waals surface area contributed by atoms with Crippen LogP contribution in [0.15, 0.2) is 34.2 Å². The summed E-state index contributed by atoms with van der Waals surface area (Å²) in [6.45, 7) is 0. The van der Waals surface area contributed by atoms with Crippen molar-refractivity contribution in [3.05, 3.63) is 39.1 Å². The minimum atomic E-state index is -0.128. The van der Waals surface area contributed by atoms with Gasteiger partial charge in [-0.25, -0.2) is 4.98 Å². The van der Waals surface area contributed by atoms with Gasteiger partial charge in [0.1, 0.15) is 10.7 Å². The van der Waals surface area contributed by atoms with Crippen LogP contribution in [-0.2, 0) is 0 Å². The predicted molar refractivity (Wildman–Crippen MR) is 78.5 cm³/mol. The molecule has 0 saturated carbocycles. The van der Waals surface area contributed by atoms with Gasteiger partial charge in [-0.2, -0.15) is 0 Å². The van der Waals surface area contributed by atoms with Crippen LogP contribution >= 0.6 is 27.3 Å². The molecule has 0 atom stereocenters. The van der Waals surface area contributed by atoms with Crippen LogP contribution < -0.4 is 10.2 Å². The van der Waals surface area contributed by atoms with Crippen molar-refractivity contribution in [2.45, 2.75) is 0 Å². The van der Waals surface area contributed by atoms with Crippen molar-refractivity contribution in [1.82, 2.24) is 4.98 Å². The Labute approximate surface area is 118 Å². The fourth-order valence-electron chi connectivity index (χ4n) is 1.37. The standard InChI is InChI=1S/C12H12BrN3OS/c1-16(2)10-4-3-8(7-14-10)15-12(17)11-9(13)5-6-18-11/h3-7H,1-2H3,(H,15,17). The Kier molecular flexibility index (Phi) is 3.98. The van der Waals surface area contributed by atoms with Gasteiger partial charge in [0.15, 0.2) is 0 Å². The van der Waals surface area contributed by atoms with Crippen LogP contribution in [0.25, 0.3) is 0 Å². The lowest BCUT2D eigenvalue weighted by molar-refractivity contribution is 0.103. The number of pyridine rings is 1. The average Bonchev–Trinajstić information content (AvgIpc) is 2.76. The Balaban J connectivity index is 2.10. The van der Waals surface area contributed by atoms with Crippen molar-refractivity contribution in [2.75, 3.05) is 24.3 Å². The lowest BCUT2D eigenvalue weighted by atomic mass is 10.3. The fraction of sp³-hybridized carbons (Fsp3) is 0.167. The predicted octanol–water partition coefficient (Wildman–Crippen LogP) is 3.22. The van der Waals surface area contributed by atoms with Gasteiger partial charge in [-0.3, -0.25) is 4.79 Å². The highest BCUT2D eigenvalue weighted by Crippen LogP contribution is 2.23. The summed E-state index contributed by atoms with van der Waals surface area (Å²) in [5.41, 5.74) is 0.686. The summed E-state index contributed by atoms with van der Waals surface area (Å²) in [6, 6.07) is 5.55. The van der Waals surface area contributed by atoms with Crippen molar-refractivity contribution >= 4 is 44.7 Å². The van der Waals surface area contributed by atoms with Crippen LogP contribution in [-0.4, -0.2) is 25.0 Å². The molecule has 1 N–H and O–H groups in total. The highest BCUT2D eigenvalue weighted by atomic mass is 79.9. The summed E-state index contributed by atoms with van der Waals surface area (Å²) in [5.74, 6) is 0.724. The number of hydrogen-bond donors (Lipinski definition) is 1. The van der Waals surface area contributed by atoms with E-state index in [1.54, 1.807) is 6.20 Å². The highest BCUT2D eigenvalue weighted by molar-refractivity contribution is 9.10. The van der Waals surface area contributed by atoms with Crippen LogP contribution in [0, 0.1) is 0 Å². The highest BCUT2D eigenvalue weighted by Gasteiger charge is 2.11. The second-order valence-electron chi connectivity index (χ2n) is 3.85. The van der Waals surface area contributed by atoms with Crippen LogP contribution in [0.4, 0.5) is 11.5 Å². The van der Waals surface area contributed by atoms with Gasteiger partial charge in [0.05, 0.1) is 11.9 Å². The van der Waals surface area contributed by atoms with E-state index >= 15 is 0 Å². The molecule has 0 aromatic carbocycles. The first kappa shape index (κ1) is 13.0. The van der Waals surface area contributed by atoms with Crippen molar-refractivity contribution in [2.24, 2.45) is 0 Å². The van der Waals surface area contributed by atoms with Gasteiger partial charge in [0.2, 0.25) is 0 Å². The number of hydrogen-bond acceptors (Lipinski definition) is 4. The van der Waals surface area contributed by atoms with Gasteiger partial charge in [-0.1, -0.05) is 0 Å². The smallest absolute Gasteiger partial charge is 0.266 e. The van der Waals surface area contributed by atoms with Crippen LogP contribution in [0.1, 0.15) is 9.67 Å². The quantitative estimate of drug-likeness (QED) is 0.942. The molecule has 18 heavy (non-hydrogen) atoms. The first-order valence-electron chi connectivity index (χ1n) is 5.25. The fourth-order valence-corrected chi connectivity index (χ4v) is 2.81. The van der Waals surface area contributed by atoms with E-state index in [1.165, 1.54) is 11.3 Å². The van der Waals surface area contributed by atoms with Crippen LogP contribution in [0.3, 0.4) is 0 Å². The maximum absolute atomic E-state index is 11.9. The summed E-state index contributed by atoms with van der Waals surface area (Å²) in [5, 5.41) is 4.68. The van der Waals surface area contributed by atoms with E-state index in [4.69, 9.17) is 0 Å². The second kappa shape index (κ2) is 5.49. The first-order chi connectivity index (χ1) is 8.58. The molecule has 2 aromatic heterocycles. The molecule has 94 valence electrons. The molecule has 1 amide bonds. The molecule has 2 rings (SSSR count). The molecular weight excluding hydrogens is 314 g/mol. The van der Waals surface area contributed by atoms with E-state index in [-0.39, 0.29) is 5.91 Å². The van der Waals surface area contributed by atoms with E-state index < -0.39 is 0 Å². The summed E-state index contributed by atoms with van der Waals surface area (Å²) in [4.78, 5) is 18.7. The number of nitrogens with one attached hydrogen (secondary N) is 1. The molecule has 0 bridgehead atoms. The van der Waals surface area contributed by atoms with E-state index in [0.717, 1.165) is 10.3 Å². The number of rotatable bonds is 3. The molecule has 0 aliphatic heterocycles. The third-order valence-corrected chi connectivity index (χ3v) is 4.12. The van der Waals surface area contributed by atoms with Gasteiger partial charge in [-0.05, 0) is 39.5 Å². The molecule has 0 spiro atoms. The average molecular weight is 326 g/mol. The normalized spacial score (nSPS) is 10.2. The van der Waals surface area contributed by atoms with Crippen molar-refractivity contribution in [3.8, 4) is 0 Å². The third kappa shape index (κ3) is 2.88.